The van der Waals surface area contributed by atoms with Crippen LogP contribution in [0.3, 0.4) is 0 Å². The van der Waals surface area contributed by atoms with Gasteiger partial charge < -0.3 is 0 Å². The predicted molar refractivity (Wildman–Crippen MR) is 91.5 cm³/mol. The number of thiazole rings is 1. The molecule has 22 heavy (non-hydrogen) atoms. The van der Waals surface area contributed by atoms with Crippen LogP contribution in [-0.4, -0.2) is 9.38 Å². The second-order valence-corrected chi connectivity index (χ2v) is 6.76. The van der Waals surface area contributed by atoms with Crippen LogP contribution in [0.2, 0.25) is 0 Å². The van der Waals surface area contributed by atoms with E-state index in [0.29, 0.717) is 0 Å². The summed E-state index contributed by atoms with van der Waals surface area (Å²) in [4.78, 5) is 6.00. The van der Waals surface area contributed by atoms with Gasteiger partial charge in [0.1, 0.15) is 0 Å². The third-order valence-electron chi connectivity index (χ3n) is 4.33. The first-order valence-corrected chi connectivity index (χ1v) is 8.13. The number of nitrogens with zero attached hydrogens (tertiary/aromatic N) is 3. The first-order chi connectivity index (χ1) is 10.7. The van der Waals surface area contributed by atoms with Crippen LogP contribution in [-0.2, 0) is 7.05 Å². The van der Waals surface area contributed by atoms with Crippen molar-refractivity contribution >= 4 is 48.5 Å². The number of hydrogen-bond acceptors (Lipinski definition) is 2. The van der Waals surface area contributed by atoms with Crippen molar-refractivity contribution in [1.82, 2.24) is 9.38 Å². The fourth-order valence-electron chi connectivity index (χ4n) is 3.36. The molecule has 0 aliphatic carbocycles. The molecule has 2 aromatic carbocycles. The number of rotatable bonds is 0. The first kappa shape index (κ1) is 12.1. The molecule has 3 nitrogen and oxygen atoms in total. The number of aryl methyl sites for hydroxylation is 2. The van der Waals surface area contributed by atoms with Gasteiger partial charge in [0.2, 0.25) is 0 Å². The summed E-state index contributed by atoms with van der Waals surface area (Å²) in [6, 6.07) is 14.9. The second-order valence-electron chi connectivity index (χ2n) is 5.75. The van der Waals surface area contributed by atoms with Gasteiger partial charge in [-0.05, 0) is 18.6 Å². The van der Waals surface area contributed by atoms with Crippen molar-refractivity contribution in [1.29, 1.82) is 0 Å². The van der Waals surface area contributed by atoms with E-state index in [1.807, 2.05) is 0 Å². The molecular formula is C18H14N3S+. The van der Waals surface area contributed by atoms with E-state index in [2.05, 4.69) is 71.6 Å². The van der Waals surface area contributed by atoms with Crippen LogP contribution in [0.4, 0.5) is 0 Å². The average molecular weight is 304 g/mol. The van der Waals surface area contributed by atoms with Crippen molar-refractivity contribution in [2.24, 2.45) is 7.05 Å². The highest BCUT2D eigenvalue weighted by atomic mass is 32.1. The van der Waals surface area contributed by atoms with Gasteiger partial charge in [-0.3, -0.25) is 0 Å². The minimum absolute atomic E-state index is 1.06. The molecule has 4 heteroatoms. The monoisotopic (exact) mass is 304 g/mol. The van der Waals surface area contributed by atoms with Gasteiger partial charge in [-0.2, -0.15) is 9.38 Å². The largest absolute Gasteiger partial charge is 0.315 e. The molecule has 3 heterocycles. The van der Waals surface area contributed by atoms with Gasteiger partial charge in [-0.15, -0.1) is 0 Å². The minimum atomic E-state index is 1.06. The fourth-order valence-corrected chi connectivity index (χ4v) is 4.46. The Labute approximate surface area is 131 Å². The zero-order chi connectivity index (χ0) is 14.8. The van der Waals surface area contributed by atoms with Crippen molar-refractivity contribution < 1.29 is 4.57 Å². The van der Waals surface area contributed by atoms with Gasteiger partial charge in [-0.1, -0.05) is 47.7 Å². The predicted octanol–water partition coefficient (Wildman–Crippen LogP) is 3.99. The maximum Gasteiger partial charge on any atom is 0.315 e. The third kappa shape index (κ3) is 1.40. The molecular weight excluding hydrogens is 290 g/mol. The smallest absolute Gasteiger partial charge is 0.234 e. The highest BCUT2D eigenvalue weighted by molar-refractivity contribution is 7.23. The molecule has 0 N–H and O–H groups in total. The number of benzene rings is 2. The standard InChI is InChI=1S/C18H14N3S/c1-11-6-5-9-14-16(11)21-17-15(19-18(21)22-14)13-8-4-3-7-12(13)10-20(17)2/h3-10H,1-2H3/q+1. The summed E-state index contributed by atoms with van der Waals surface area (Å²) in [6.07, 6.45) is 2.19. The summed E-state index contributed by atoms with van der Waals surface area (Å²) in [5.74, 6) is 0. The van der Waals surface area contributed by atoms with Crippen LogP contribution in [0.15, 0.2) is 48.7 Å². The van der Waals surface area contributed by atoms with E-state index in [9.17, 15) is 0 Å². The van der Waals surface area contributed by atoms with Crippen LogP contribution < -0.4 is 4.57 Å². The van der Waals surface area contributed by atoms with E-state index in [4.69, 9.17) is 4.98 Å². The Bertz CT molecular complexity index is 1200. The molecule has 0 saturated heterocycles. The second kappa shape index (κ2) is 4.05. The zero-order valence-electron chi connectivity index (χ0n) is 12.4. The lowest BCUT2D eigenvalue weighted by Gasteiger charge is -2.00. The van der Waals surface area contributed by atoms with Gasteiger partial charge in [-0.25, -0.2) is 4.57 Å². The highest BCUT2D eigenvalue weighted by Crippen LogP contribution is 2.32. The number of hydrogen-bond donors (Lipinski definition) is 0. The summed E-state index contributed by atoms with van der Waals surface area (Å²) in [5, 5.41) is 2.44. The zero-order valence-corrected chi connectivity index (χ0v) is 13.2. The molecule has 0 aliphatic rings. The molecule has 5 rings (SSSR count). The summed E-state index contributed by atoms with van der Waals surface area (Å²) in [7, 11) is 2.10. The molecule has 0 unspecified atom stereocenters. The Morgan fingerprint density at radius 3 is 2.86 bits per heavy atom. The van der Waals surface area contributed by atoms with E-state index < -0.39 is 0 Å². The molecule has 0 fully saturated rings. The van der Waals surface area contributed by atoms with Crippen LogP contribution >= 0.6 is 11.3 Å². The summed E-state index contributed by atoms with van der Waals surface area (Å²) in [6.45, 7) is 2.17. The fraction of sp³-hybridized carbons (Fsp3) is 0.111. The van der Waals surface area contributed by atoms with Gasteiger partial charge in [0.05, 0.1) is 17.9 Å². The Balaban J connectivity index is 2.14. The summed E-state index contributed by atoms with van der Waals surface area (Å²) < 4.78 is 5.78. The van der Waals surface area contributed by atoms with E-state index in [-0.39, 0.29) is 0 Å². The van der Waals surface area contributed by atoms with Crippen molar-refractivity contribution in [2.45, 2.75) is 6.92 Å². The molecule has 106 valence electrons. The number of imidazole rings is 1. The van der Waals surface area contributed by atoms with Crippen molar-refractivity contribution in [3.63, 3.8) is 0 Å². The average Bonchev–Trinajstić information content (AvgIpc) is 3.03. The lowest BCUT2D eigenvalue weighted by molar-refractivity contribution is -0.645. The molecule has 0 atom stereocenters. The topological polar surface area (TPSA) is 21.2 Å². The number of fused-ring (bicyclic) bond motifs is 7. The van der Waals surface area contributed by atoms with E-state index >= 15 is 0 Å². The summed E-state index contributed by atoms with van der Waals surface area (Å²) >= 11 is 1.76. The van der Waals surface area contributed by atoms with Crippen molar-refractivity contribution in [2.75, 3.05) is 0 Å². The molecule has 0 aliphatic heterocycles. The molecule has 0 bridgehead atoms. The van der Waals surface area contributed by atoms with Crippen molar-refractivity contribution in [3.05, 3.63) is 54.2 Å². The van der Waals surface area contributed by atoms with E-state index in [1.54, 1.807) is 11.3 Å². The first-order valence-electron chi connectivity index (χ1n) is 7.32. The lowest BCUT2D eigenvalue weighted by Crippen LogP contribution is -2.29. The van der Waals surface area contributed by atoms with Gasteiger partial charge >= 0.3 is 5.65 Å². The maximum atomic E-state index is 4.94. The Morgan fingerprint density at radius 1 is 1.09 bits per heavy atom. The molecule has 0 saturated carbocycles. The molecule has 0 spiro atoms. The lowest BCUT2D eigenvalue weighted by atomic mass is 10.1. The number of para-hydroxylation sites is 1. The maximum absolute atomic E-state index is 4.94. The van der Waals surface area contributed by atoms with Crippen LogP contribution in [0, 0.1) is 6.92 Å². The Kier molecular flexibility index (Phi) is 2.23. The molecule has 0 radical (unpaired) electrons. The van der Waals surface area contributed by atoms with Gasteiger partial charge in [0.15, 0.2) is 11.0 Å². The summed E-state index contributed by atoms with van der Waals surface area (Å²) in [5.41, 5.74) is 4.80. The van der Waals surface area contributed by atoms with Gasteiger partial charge in [0, 0.05) is 10.8 Å². The third-order valence-corrected chi connectivity index (χ3v) is 5.34. The SMILES string of the molecule is Cc1cccc2sc3nc4c5ccccc5c[n+](C)c4n3c12. The quantitative estimate of drug-likeness (QED) is 0.396. The number of pyridine rings is 1. The number of aromatic nitrogens is 3. The van der Waals surface area contributed by atoms with Crippen LogP contribution in [0.25, 0.3) is 37.1 Å². The normalized spacial score (nSPS) is 12.1. The molecule has 3 aromatic heterocycles. The molecule has 5 aromatic rings. The molecule has 0 amide bonds. The van der Waals surface area contributed by atoms with Crippen LogP contribution in [0.1, 0.15) is 5.56 Å². The Morgan fingerprint density at radius 2 is 1.95 bits per heavy atom. The van der Waals surface area contributed by atoms with E-state index in [1.165, 1.54) is 26.6 Å². The van der Waals surface area contributed by atoms with Crippen LogP contribution in [0.5, 0.6) is 0 Å². The van der Waals surface area contributed by atoms with Gasteiger partial charge in [0.25, 0.3) is 4.96 Å². The Hall–Kier alpha value is -2.46. The highest BCUT2D eigenvalue weighted by Gasteiger charge is 2.23. The van der Waals surface area contributed by atoms with E-state index in [0.717, 1.165) is 16.1 Å². The van der Waals surface area contributed by atoms with Crippen molar-refractivity contribution in [3.8, 4) is 0 Å². The minimum Gasteiger partial charge on any atom is -0.234 e.